The number of hydrogen-bond donors (Lipinski definition) is 0. The van der Waals surface area contributed by atoms with Gasteiger partial charge in [-0.15, -0.1) is 0 Å². The smallest absolute Gasteiger partial charge is 0.204 e. The molecule has 3 rings (SSSR count). The number of aryl methyl sites for hydroxylation is 1. The molecule has 3 nitrogen and oxygen atoms in total. The minimum Gasteiger partial charge on any atom is -1.00 e. The Morgan fingerprint density at radius 1 is 0.864 bits per heavy atom. The summed E-state index contributed by atoms with van der Waals surface area (Å²) in [6, 6.07) is 14.5. The highest BCUT2D eigenvalue weighted by Crippen LogP contribution is 2.18. The van der Waals surface area contributed by atoms with Gasteiger partial charge in [0, 0.05) is 36.2 Å². The average Bonchev–Trinajstić information content (AvgIpc) is 2.55. The van der Waals surface area contributed by atoms with Crippen LogP contribution in [0.3, 0.4) is 0 Å². The number of hydrogen-bond acceptors (Lipinski definition) is 2. The molecule has 0 aliphatic carbocycles. The van der Waals surface area contributed by atoms with Crippen LogP contribution >= 0.6 is 0 Å². The van der Waals surface area contributed by atoms with Gasteiger partial charge in [-0.25, -0.2) is 14.5 Å². The van der Waals surface area contributed by atoms with Crippen LogP contribution < -0.4 is 28.5 Å². The maximum atomic E-state index is 4.04. The molecule has 0 bridgehead atoms. The van der Waals surface area contributed by atoms with E-state index in [9.17, 15) is 0 Å². The molecule has 110 valence electrons. The van der Waals surface area contributed by atoms with Crippen LogP contribution in [-0.2, 0) is 7.05 Å². The van der Waals surface area contributed by atoms with Crippen molar-refractivity contribution in [3.8, 4) is 11.1 Å². The summed E-state index contributed by atoms with van der Waals surface area (Å²) in [6.45, 7) is 0. The van der Waals surface area contributed by atoms with Gasteiger partial charge in [0.05, 0.1) is 0 Å². The molecule has 0 spiro atoms. The molecule has 2 heterocycles. The molecule has 2 aromatic heterocycles. The fourth-order valence-corrected chi connectivity index (χ4v) is 2.13. The van der Waals surface area contributed by atoms with Crippen LogP contribution in [0.1, 0.15) is 11.3 Å². The highest BCUT2D eigenvalue weighted by Gasteiger charge is 2.00. The Kier molecular flexibility index (Phi) is 5.77. The molecule has 3 aromatic rings. The van der Waals surface area contributed by atoms with Crippen molar-refractivity contribution in [2.24, 2.45) is 7.05 Å². The largest absolute Gasteiger partial charge is 1.00 e. The van der Waals surface area contributed by atoms with Crippen molar-refractivity contribution in [2.45, 2.75) is 0 Å². The predicted octanol–water partition coefficient (Wildman–Crippen LogP) is 0.142. The van der Waals surface area contributed by atoms with Crippen LogP contribution in [-0.4, -0.2) is 9.97 Å². The molecule has 0 N–H and O–H groups in total. The van der Waals surface area contributed by atoms with Crippen molar-refractivity contribution >= 4 is 12.2 Å². The number of halogens is 1. The van der Waals surface area contributed by atoms with Gasteiger partial charge in [-0.05, 0) is 23.3 Å². The maximum absolute atomic E-state index is 4.04. The molecule has 0 amide bonds. The zero-order chi connectivity index (χ0) is 14.5. The second kappa shape index (κ2) is 7.79. The SMILES string of the molecule is C[n+]1ccccc1/C=C/c1ccc(-c2cncnc2)cc1.[I-]. The fraction of sp³-hybridized carbons (Fsp3) is 0.0556. The van der Waals surface area contributed by atoms with E-state index in [1.807, 2.05) is 37.8 Å². The van der Waals surface area contributed by atoms with E-state index in [0.717, 1.165) is 16.8 Å². The Morgan fingerprint density at radius 3 is 2.27 bits per heavy atom. The second-order valence-electron chi connectivity index (χ2n) is 4.82. The monoisotopic (exact) mass is 401 g/mol. The van der Waals surface area contributed by atoms with Crippen LogP contribution in [0.25, 0.3) is 23.3 Å². The van der Waals surface area contributed by atoms with Gasteiger partial charge in [0.2, 0.25) is 5.69 Å². The first-order valence-corrected chi connectivity index (χ1v) is 6.81. The quantitative estimate of drug-likeness (QED) is 0.462. The van der Waals surface area contributed by atoms with Crippen molar-refractivity contribution in [3.05, 3.63) is 78.6 Å². The van der Waals surface area contributed by atoms with E-state index < -0.39 is 0 Å². The Labute approximate surface area is 147 Å². The molecule has 0 unspecified atom stereocenters. The Morgan fingerprint density at radius 2 is 1.59 bits per heavy atom. The molecule has 0 aliphatic heterocycles. The summed E-state index contributed by atoms with van der Waals surface area (Å²) in [5, 5.41) is 0. The Bertz CT molecular complexity index is 753. The van der Waals surface area contributed by atoms with E-state index in [-0.39, 0.29) is 24.0 Å². The van der Waals surface area contributed by atoms with E-state index in [1.165, 1.54) is 5.56 Å². The molecule has 0 radical (unpaired) electrons. The summed E-state index contributed by atoms with van der Waals surface area (Å²) >= 11 is 0. The number of pyridine rings is 1. The summed E-state index contributed by atoms with van der Waals surface area (Å²) in [6.07, 6.45) is 11.4. The lowest BCUT2D eigenvalue weighted by Gasteiger charge is -2.00. The van der Waals surface area contributed by atoms with E-state index in [1.54, 1.807) is 6.33 Å². The van der Waals surface area contributed by atoms with Gasteiger partial charge in [-0.1, -0.05) is 24.3 Å². The van der Waals surface area contributed by atoms with E-state index in [4.69, 9.17) is 0 Å². The number of nitrogens with zero attached hydrogens (tertiary/aromatic N) is 3. The number of rotatable bonds is 3. The van der Waals surface area contributed by atoms with Crippen molar-refractivity contribution in [3.63, 3.8) is 0 Å². The van der Waals surface area contributed by atoms with Crippen LogP contribution in [0.5, 0.6) is 0 Å². The Balaban J connectivity index is 0.00000176. The topological polar surface area (TPSA) is 29.7 Å². The van der Waals surface area contributed by atoms with Gasteiger partial charge in [-0.3, -0.25) is 0 Å². The van der Waals surface area contributed by atoms with Gasteiger partial charge in [0.1, 0.15) is 13.4 Å². The van der Waals surface area contributed by atoms with Crippen LogP contribution in [0.4, 0.5) is 0 Å². The zero-order valence-electron chi connectivity index (χ0n) is 12.2. The lowest BCUT2D eigenvalue weighted by Crippen LogP contribution is -3.00. The lowest BCUT2D eigenvalue weighted by atomic mass is 10.1. The first kappa shape index (κ1) is 16.3. The molecule has 0 aliphatic rings. The molecule has 1 aromatic carbocycles. The number of aromatic nitrogens is 3. The third-order valence-electron chi connectivity index (χ3n) is 3.35. The molecule has 4 heteroatoms. The predicted molar refractivity (Wildman–Crippen MR) is 84.0 cm³/mol. The van der Waals surface area contributed by atoms with Crippen molar-refractivity contribution in [1.82, 2.24) is 9.97 Å². The summed E-state index contributed by atoms with van der Waals surface area (Å²) in [4.78, 5) is 8.08. The van der Waals surface area contributed by atoms with Crippen LogP contribution in [0, 0.1) is 0 Å². The molecule has 0 saturated heterocycles. The maximum Gasteiger partial charge on any atom is 0.204 e. The molecule has 0 fully saturated rings. The lowest BCUT2D eigenvalue weighted by molar-refractivity contribution is -0.673. The van der Waals surface area contributed by atoms with Crippen LogP contribution in [0.15, 0.2) is 67.4 Å². The Hall–Kier alpha value is -2.08. The third kappa shape index (κ3) is 3.98. The molecular weight excluding hydrogens is 385 g/mol. The minimum atomic E-state index is 0. The van der Waals surface area contributed by atoms with Crippen molar-refractivity contribution < 1.29 is 28.5 Å². The standard InChI is InChI=1S/C18H16N3.HI/c1-21-11-3-2-4-18(21)10-7-15-5-8-16(9-6-15)17-12-19-14-20-13-17;/h2-14H,1H3;1H/q+1;/p-1. The number of benzene rings is 1. The molecule has 0 saturated carbocycles. The molecule has 22 heavy (non-hydrogen) atoms. The van der Waals surface area contributed by atoms with Gasteiger partial charge < -0.3 is 24.0 Å². The van der Waals surface area contributed by atoms with Crippen molar-refractivity contribution in [1.29, 1.82) is 0 Å². The van der Waals surface area contributed by atoms with E-state index in [0.29, 0.717) is 0 Å². The second-order valence-corrected chi connectivity index (χ2v) is 4.82. The molecular formula is C18H16IN3. The third-order valence-corrected chi connectivity index (χ3v) is 3.35. The van der Waals surface area contributed by atoms with Crippen molar-refractivity contribution in [2.75, 3.05) is 0 Å². The first-order valence-electron chi connectivity index (χ1n) is 6.81. The average molecular weight is 401 g/mol. The van der Waals surface area contributed by atoms with Gasteiger partial charge in [-0.2, -0.15) is 0 Å². The normalized spacial score (nSPS) is 10.4. The van der Waals surface area contributed by atoms with Gasteiger partial charge in [0.15, 0.2) is 6.20 Å². The van der Waals surface area contributed by atoms with Gasteiger partial charge in [0.25, 0.3) is 0 Å². The van der Waals surface area contributed by atoms with Gasteiger partial charge >= 0.3 is 0 Å². The summed E-state index contributed by atoms with van der Waals surface area (Å²) < 4.78 is 2.09. The highest BCUT2D eigenvalue weighted by atomic mass is 127. The summed E-state index contributed by atoms with van der Waals surface area (Å²) in [5.74, 6) is 0. The summed E-state index contributed by atoms with van der Waals surface area (Å²) in [5.41, 5.74) is 4.48. The first-order chi connectivity index (χ1) is 10.3. The van der Waals surface area contributed by atoms with Crippen LogP contribution in [0.2, 0.25) is 0 Å². The minimum absolute atomic E-state index is 0. The zero-order valence-corrected chi connectivity index (χ0v) is 14.4. The summed E-state index contributed by atoms with van der Waals surface area (Å²) in [7, 11) is 2.04. The van der Waals surface area contributed by atoms with E-state index >= 15 is 0 Å². The van der Waals surface area contributed by atoms with E-state index in [2.05, 4.69) is 57.0 Å². The molecule has 0 atom stereocenters. The highest BCUT2D eigenvalue weighted by molar-refractivity contribution is 5.70. The fourth-order valence-electron chi connectivity index (χ4n) is 2.13.